The highest BCUT2D eigenvalue weighted by molar-refractivity contribution is 5.78. The highest BCUT2D eigenvalue weighted by Crippen LogP contribution is 2.34. The van der Waals surface area contributed by atoms with Crippen molar-refractivity contribution in [3.05, 3.63) is 23.3 Å². The van der Waals surface area contributed by atoms with Gasteiger partial charge in [-0.25, -0.2) is 0 Å². The van der Waals surface area contributed by atoms with Crippen LogP contribution < -0.4 is 10.5 Å². The quantitative estimate of drug-likeness (QED) is 0.706. The molecular formula is C11H15NO4. The van der Waals surface area contributed by atoms with Gasteiger partial charge in [-0.3, -0.25) is 4.79 Å². The summed E-state index contributed by atoms with van der Waals surface area (Å²) in [6, 6.07) is 3.14. The number of carbonyl (C=O) groups is 1. The molecule has 0 aromatic heterocycles. The number of aromatic hydroxyl groups is 1. The van der Waals surface area contributed by atoms with Crippen LogP contribution in [0.5, 0.6) is 11.5 Å². The van der Waals surface area contributed by atoms with Crippen molar-refractivity contribution < 1.29 is 19.7 Å². The Kier molecular flexibility index (Phi) is 3.73. The Labute approximate surface area is 93.5 Å². The van der Waals surface area contributed by atoms with Gasteiger partial charge >= 0.3 is 5.97 Å². The molecule has 0 saturated heterocycles. The number of aliphatic carboxylic acids is 1. The monoisotopic (exact) mass is 225 g/mol. The van der Waals surface area contributed by atoms with E-state index in [-0.39, 0.29) is 12.3 Å². The molecule has 0 radical (unpaired) electrons. The van der Waals surface area contributed by atoms with Crippen LogP contribution in [0.25, 0.3) is 0 Å². The second kappa shape index (κ2) is 4.85. The summed E-state index contributed by atoms with van der Waals surface area (Å²) in [5, 5.41) is 18.8. The zero-order valence-corrected chi connectivity index (χ0v) is 9.23. The number of ether oxygens (including phenoxy) is 1. The van der Waals surface area contributed by atoms with Crippen molar-refractivity contribution in [2.24, 2.45) is 5.73 Å². The molecule has 0 bridgehead atoms. The van der Waals surface area contributed by atoms with Crippen molar-refractivity contribution in [1.82, 2.24) is 0 Å². The van der Waals surface area contributed by atoms with Gasteiger partial charge < -0.3 is 20.7 Å². The van der Waals surface area contributed by atoms with Gasteiger partial charge in [-0.05, 0) is 13.0 Å². The van der Waals surface area contributed by atoms with Gasteiger partial charge in [0.2, 0.25) is 0 Å². The van der Waals surface area contributed by atoms with Crippen LogP contribution in [0.4, 0.5) is 0 Å². The molecule has 1 unspecified atom stereocenters. The molecule has 0 saturated carbocycles. The third-order valence-corrected chi connectivity index (χ3v) is 2.54. The second-order valence-electron chi connectivity index (χ2n) is 3.46. The van der Waals surface area contributed by atoms with E-state index >= 15 is 0 Å². The number of benzene rings is 1. The number of rotatable bonds is 4. The Morgan fingerprint density at radius 3 is 2.62 bits per heavy atom. The highest BCUT2D eigenvalue weighted by Gasteiger charge is 2.23. The molecule has 0 spiro atoms. The van der Waals surface area contributed by atoms with E-state index in [4.69, 9.17) is 15.6 Å². The first-order valence-corrected chi connectivity index (χ1v) is 4.82. The summed E-state index contributed by atoms with van der Waals surface area (Å²) in [4.78, 5) is 10.9. The maximum atomic E-state index is 10.9. The summed E-state index contributed by atoms with van der Waals surface area (Å²) in [5.74, 6) is -1.51. The van der Waals surface area contributed by atoms with Crippen molar-refractivity contribution in [2.75, 3.05) is 13.7 Å². The third kappa shape index (κ3) is 2.09. The number of hydrogen-bond acceptors (Lipinski definition) is 4. The summed E-state index contributed by atoms with van der Waals surface area (Å²) in [5.41, 5.74) is 6.20. The zero-order valence-electron chi connectivity index (χ0n) is 9.23. The van der Waals surface area contributed by atoms with Gasteiger partial charge in [0.25, 0.3) is 0 Å². The van der Waals surface area contributed by atoms with Gasteiger partial charge in [0, 0.05) is 17.7 Å². The molecule has 88 valence electrons. The van der Waals surface area contributed by atoms with Crippen LogP contribution >= 0.6 is 0 Å². The van der Waals surface area contributed by atoms with E-state index in [1.165, 1.54) is 13.2 Å². The molecule has 1 atom stereocenters. The Morgan fingerprint density at radius 1 is 1.56 bits per heavy atom. The van der Waals surface area contributed by atoms with E-state index in [2.05, 4.69) is 0 Å². The van der Waals surface area contributed by atoms with E-state index in [1.54, 1.807) is 13.0 Å². The summed E-state index contributed by atoms with van der Waals surface area (Å²) < 4.78 is 5.02. The average Bonchev–Trinajstić information content (AvgIpc) is 2.25. The molecule has 1 rings (SSSR count). The number of phenolic OH excluding ortho intramolecular Hbond substituents is 1. The lowest BCUT2D eigenvalue weighted by atomic mass is 9.96. The van der Waals surface area contributed by atoms with Crippen LogP contribution in [-0.4, -0.2) is 29.8 Å². The number of carboxylic acids is 1. The molecule has 0 aliphatic heterocycles. The summed E-state index contributed by atoms with van der Waals surface area (Å²) >= 11 is 0. The van der Waals surface area contributed by atoms with Crippen molar-refractivity contribution >= 4 is 5.97 Å². The Hall–Kier alpha value is -1.75. The topological polar surface area (TPSA) is 92.8 Å². The SMILES string of the molecule is COc1ccc(C(CN)C(=O)O)c(O)c1C. The van der Waals surface area contributed by atoms with E-state index < -0.39 is 11.9 Å². The van der Waals surface area contributed by atoms with Crippen LogP contribution in [-0.2, 0) is 4.79 Å². The highest BCUT2D eigenvalue weighted by atomic mass is 16.5. The first kappa shape index (κ1) is 12.3. The van der Waals surface area contributed by atoms with E-state index in [1.807, 2.05) is 0 Å². The zero-order chi connectivity index (χ0) is 12.3. The molecule has 1 aromatic rings. The molecule has 0 aliphatic carbocycles. The molecule has 0 amide bonds. The van der Waals surface area contributed by atoms with Crippen LogP contribution in [0.1, 0.15) is 17.0 Å². The minimum atomic E-state index is -1.05. The third-order valence-electron chi connectivity index (χ3n) is 2.54. The van der Waals surface area contributed by atoms with Gasteiger partial charge in [0.15, 0.2) is 0 Å². The van der Waals surface area contributed by atoms with E-state index in [9.17, 15) is 9.90 Å². The lowest BCUT2D eigenvalue weighted by molar-refractivity contribution is -0.138. The smallest absolute Gasteiger partial charge is 0.312 e. The molecule has 16 heavy (non-hydrogen) atoms. The summed E-state index contributed by atoms with van der Waals surface area (Å²) in [7, 11) is 1.49. The first-order chi connectivity index (χ1) is 7.52. The molecule has 0 aliphatic rings. The molecule has 5 nitrogen and oxygen atoms in total. The Balaban J connectivity index is 3.25. The molecule has 4 N–H and O–H groups in total. The van der Waals surface area contributed by atoms with Crippen LogP contribution in [0.3, 0.4) is 0 Å². The standard InChI is InChI=1S/C11H15NO4/c1-6-9(16-2)4-3-7(10(6)13)8(5-12)11(14)15/h3-4,8,13H,5,12H2,1-2H3,(H,14,15). The first-order valence-electron chi connectivity index (χ1n) is 4.82. The van der Waals surface area contributed by atoms with Gasteiger partial charge in [-0.1, -0.05) is 6.07 Å². The van der Waals surface area contributed by atoms with E-state index in [0.717, 1.165) is 0 Å². The maximum Gasteiger partial charge on any atom is 0.312 e. The average molecular weight is 225 g/mol. The minimum Gasteiger partial charge on any atom is -0.507 e. The van der Waals surface area contributed by atoms with Gasteiger partial charge in [0.05, 0.1) is 13.0 Å². The number of carboxylic acid groups (broad SMARTS) is 1. The molecule has 0 fully saturated rings. The lowest BCUT2D eigenvalue weighted by Gasteiger charge is -2.15. The van der Waals surface area contributed by atoms with Gasteiger partial charge in [-0.15, -0.1) is 0 Å². The fraction of sp³-hybridized carbons (Fsp3) is 0.364. The fourth-order valence-corrected chi connectivity index (χ4v) is 1.57. The largest absolute Gasteiger partial charge is 0.507 e. The van der Waals surface area contributed by atoms with Crippen molar-refractivity contribution in [3.8, 4) is 11.5 Å². The normalized spacial score (nSPS) is 12.2. The fourth-order valence-electron chi connectivity index (χ4n) is 1.57. The number of phenols is 1. The second-order valence-corrected chi connectivity index (χ2v) is 3.46. The molecule has 1 aromatic carbocycles. The molecular weight excluding hydrogens is 210 g/mol. The predicted octanol–water partition coefficient (Wildman–Crippen LogP) is 0.836. The number of methoxy groups -OCH3 is 1. The number of nitrogens with two attached hydrogens (primary N) is 1. The Morgan fingerprint density at radius 2 is 2.19 bits per heavy atom. The van der Waals surface area contributed by atoms with Crippen LogP contribution in [0.15, 0.2) is 12.1 Å². The van der Waals surface area contributed by atoms with Crippen molar-refractivity contribution in [2.45, 2.75) is 12.8 Å². The Bertz CT molecular complexity index is 403. The lowest BCUT2D eigenvalue weighted by Crippen LogP contribution is -2.21. The van der Waals surface area contributed by atoms with Crippen LogP contribution in [0.2, 0.25) is 0 Å². The summed E-state index contributed by atoms with van der Waals surface area (Å²) in [6.45, 7) is 1.60. The number of hydrogen-bond donors (Lipinski definition) is 3. The predicted molar refractivity (Wildman–Crippen MR) is 58.8 cm³/mol. The van der Waals surface area contributed by atoms with E-state index in [0.29, 0.717) is 16.9 Å². The van der Waals surface area contributed by atoms with Crippen molar-refractivity contribution in [1.29, 1.82) is 0 Å². The minimum absolute atomic E-state index is 0.0609. The maximum absolute atomic E-state index is 10.9. The van der Waals surface area contributed by atoms with Crippen LogP contribution in [0, 0.1) is 6.92 Å². The molecule has 0 heterocycles. The van der Waals surface area contributed by atoms with Gasteiger partial charge in [-0.2, -0.15) is 0 Å². The van der Waals surface area contributed by atoms with Crippen molar-refractivity contribution in [3.63, 3.8) is 0 Å². The van der Waals surface area contributed by atoms with Gasteiger partial charge in [0.1, 0.15) is 11.5 Å². The summed E-state index contributed by atoms with van der Waals surface area (Å²) in [6.07, 6.45) is 0. The molecule has 5 heteroatoms.